The van der Waals surface area contributed by atoms with Crippen LogP contribution in [0.15, 0.2) is 42.5 Å². The molecule has 6 heteroatoms. The Morgan fingerprint density at radius 2 is 1.72 bits per heavy atom. The second kappa shape index (κ2) is 8.74. The molecule has 2 aliphatic heterocycles. The molecule has 29 heavy (non-hydrogen) atoms. The molecule has 2 aromatic rings. The lowest BCUT2D eigenvalue weighted by atomic mass is 10.1. The van der Waals surface area contributed by atoms with E-state index in [2.05, 4.69) is 24.8 Å². The molecule has 0 spiro atoms. The normalized spacial score (nSPS) is 16.3. The molecule has 0 unspecified atom stereocenters. The molecule has 2 aliphatic rings. The van der Waals surface area contributed by atoms with Crippen LogP contribution in [0.2, 0.25) is 0 Å². The van der Waals surface area contributed by atoms with E-state index in [9.17, 15) is 4.79 Å². The number of amides is 1. The second-order valence-electron chi connectivity index (χ2n) is 7.99. The van der Waals surface area contributed by atoms with Crippen molar-refractivity contribution < 1.29 is 19.0 Å². The van der Waals surface area contributed by atoms with Crippen LogP contribution >= 0.6 is 0 Å². The first-order valence-corrected chi connectivity index (χ1v) is 10.2. The summed E-state index contributed by atoms with van der Waals surface area (Å²) in [7, 11) is 0. The molecule has 0 aromatic heterocycles. The van der Waals surface area contributed by atoms with E-state index in [0.717, 1.165) is 50.0 Å². The topological polar surface area (TPSA) is 51.2 Å². The average molecular weight is 396 g/mol. The summed E-state index contributed by atoms with van der Waals surface area (Å²) in [6.45, 7) is 9.23. The van der Waals surface area contributed by atoms with Gasteiger partial charge >= 0.3 is 0 Å². The van der Waals surface area contributed by atoms with Crippen LogP contribution in [-0.4, -0.2) is 55.3 Å². The van der Waals surface area contributed by atoms with E-state index in [1.165, 1.54) is 5.56 Å². The Morgan fingerprint density at radius 1 is 1.00 bits per heavy atom. The maximum absolute atomic E-state index is 12.8. The number of piperazine rings is 1. The fourth-order valence-corrected chi connectivity index (χ4v) is 3.55. The molecule has 1 amide bonds. The van der Waals surface area contributed by atoms with Crippen molar-refractivity contribution in [3.63, 3.8) is 0 Å². The first-order chi connectivity index (χ1) is 14.1. The number of hydrogen-bond acceptors (Lipinski definition) is 5. The van der Waals surface area contributed by atoms with E-state index in [1.807, 2.05) is 41.3 Å². The van der Waals surface area contributed by atoms with Crippen LogP contribution in [0.4, 0.5) is 0 Å². The van der Waals surface area contributed by atoms with E-state index >= 15 is 0 Å². The average Bonchev–Trinajstić information content (AvgIpc) is 3.20. The molecule has 6 nitrogen and oxygen atoms in total. The van der Waals surface area contributed by atoms with E-state index in [-0.39, 0.29) is 5.91 Å². The van der Waals surface area contributed by atoms with Crippen molar-refractivity contribution in [2.75, 3.05) is 39.6 Å². The lowest BCUT2D eigenvalue weighted by Gasteiger charge is -2.34. The molecule has 0 aliphatic carbocycles. The predicted octanol–water partition coefficient (Wildman–Crippen LogP) is 3.41. The van der Waals surface area contributed by atoms with Crippen LogP contribution in [0.25, 0.3) is 0 Å². The molecule has 0 N–H and O–H groups in total. The van der Waals surface area contributed by atoms with Gasteiger partial charge in [0.05, 0.1) is 6.61 Å². The van der Waals surface area contributed by atoms with Crippen LogP contribution in [0.3, 0.4) is 0 Å². The monoisotopic (exact) mass is 396 g/mol. The van der Waals surface area contributed by atoms with Gasteiger partial charge < -0.3 is 19.1 Å². The van der Waals surface area contributed by atoms with E-state index in [1.54, 1.807) is 0 Å². The Morgan fingerprint density at radius 3 is 2.45 bits per heavy atom. The van der Waals surface area contributed by atoms with Gasteiger partial charge in [-0.05, 0) is 47.9 Å². The summed E-state index contributed by atoms with van der Waals surface area (Å²) < 4.78 is 16.5. The molecule has 0 atom stereocenters. The van der Waals surface area contributed by atoms with Crippen molar-refractivity contribution in [1.82, 2.24) is 9.80 Å². The first-order valence-electron chi connectivity index (χ1n) is 10.2. The van der Waals surface area contributed by atoms with Crippen molar-refractivity contribution in [2.45, 2.75) is 20.4 Å². The lowest BCUT2D eigenvalue weighted by Crippen LogP contribution is -2.48. The minimum atomic E-state index is 0.0862. The van der Waals surface area contributed by atoms with E-state index < -0.39 is 0 Å². The van der Waals surface area contributed by atoms with Crippen LogP contribution < -0.4 is 14.2 Å². The lowest BCUT2D eigenvalue weighted by molar-refractivity contribution is 0.0628. The molecule has 1 saturated heterocycles. The van der Waals surface area contributed by atoms with Gasteiger partial charge in [-0.25, -0.2) is 0 Å². The van der Waals surface area contributed by atoms with Crippen LogP contribution in [0, 0.1) is 5.92 Å². The number of benzene rings is 2. The van der Waals surface area contributed by atoms with Gasteiger partial charge in [0.2, 0.25) is 6.79 Å². The number of nitrogens with zero attached hydrogens (tertiary/aromatic N) is 2. The quantitative estimate of drug-likeness (QED) is 0.749. The summed E-state index contributed by atoms with van der Waals surface area (Å²) in [6.07, 6.45) is 0. The van der Waals surface area contributed by atoms with Crippen molar-refractivity contribution in [2.24, 2.45) is 5.92 Å². The number of carbonyl (C=O) groups is 1. The Hall–Kier alpha value is -2.73. The molecular formula is C23H28N2O4. The van der Waals surface area contributed by atoms with Crippen molar-refractivity contribution >= 4 is 5.91 Å². The maximum Gasteiger partial charge on any atom is 0.253 e. The molecule has 2 heterocycles. The van der Waals surface area contributed by atoms with Gasteiger partial charge in [-0.2, -0.15) is 0 Å². The summed E-state index contributed by atoms with van der Waals surface area (Å²) in [6, 6.07) is 13.6. The highest BCUT2D eigenvalue weighted by molar-refractivity contribution is 5.94. The SMILES string of the molecule is CC(C)COc1ccc(C(=O)N2CCN(Cc3ccc4c(c3)OCO4)CC2)cc1. The van der Waals surface area contributed by atoms with Gasteiger partial charge in [0.15, 0.2) is 11.5 Å². The van der Waals surface area contributed by atoms with Crippen LogP contribution in [0.1, 0.15) is 29.8 Å². The predicted molar refractivity (Wildman–Crippen MR) is 111 cm³/mol. The minimum absolute atomic E-state index is 0.0862. The molecule has 0 radical (unpaired) electrons. The first kappa shape index (κ1) is 19.6. The Bertz CT molecular complexity index is 842. The Kier molecular flexibility index (Phi) is 5.90. The zero-order valence-corrected chi connectivity index (χ0v) is 17.1. The van der Waals surface area contributed by atoms with Crippen molar-refractivity contribution in [3.8, 4) is 17.2 Å². The largest absolute Gasteiger partial charge is 0.493 e. The minimum Gasteiger partial charge on any atom is -0.493 e. The van der Waals surface area contributed by atoms with Gasteiger partial charge in [-0.1, -0.05) is 19.9 Å². The van der Waals surface area contributed by atoms with E-state index in [4.69, 9.17) is 14.2 Å². The zero-order valence-electron chi connectivity index (χ0n) is 17.1. The van der Waals surface area contributed by atoms with Crippen molar-refractivity contribution in [3.05, 3.63) is 53.6 Å². The summed E-state index contributed by atoms with van der Waals surface area (Å²) >= 11 is 0. The molecule has 1 fully saturated rings. The highest BCUT2D eigenvalue weighted by Crippen LogP contribution is 2.32. The number of rotatable bonds is 6. The number of fused-ring (bicyclic) bond motifs is 1. The van der Waals surface area contributed by atoms with Gasteiger partial charge in [-0.15, -0.1) is 0 Å². The standard InChI is InChI=1S/C23H28N2O4/c1-17(2)15-27-20-6-4-19(5-7-20)23(26)25-11-9-24(10-12-25)14-18-3-8-21-22(13-18)29-16-28-21/h3-8,13,17H,9-12,14-16H2,1-2H3. The third kappa shape index (κ3) is 4.82. The fourth-order valence-electron chi connectivity index (χ4n) is 3.55. The molecule has 2 aromatic carbocycles. The molecule has 0 saturated carbocycles. The maximum atomic E-state index is 12.8. The molecular weight excluding hydrogens is 368 g/mol. The molecule has 154 valence electrons. The van der Waals surface area contributed by atoms with Crippen LogP contribution in [-0.2, 0) is 6.54 Å². The van der Waals surface area contributed by atoms with Gasteiger partial charge in [-0.3, -0.25) is 9.69 Å². The molecule has 0 bridgehead atoms. The zero-order chi connectivity index (χ0) is 20.2. The van der Waals surface area contributed by atoms with Gasteiger partial charge in [0.1, 0.15) is 5.75 Å². The van der Waals surface area contributed by atoms with Crippen molar-refractivity contribution in [1.29, 1.82) is 0 Å². The third-order valence-electron chi connectivity index (χ3n) is 5.19. The summed E-state index contributed by atoms with van der Waals surface area (Å²) in [4.78, 5) is 17.1. The van der Waals surface area contributed by atoms with Crippen LogP contribution in [0.5, 0.6) is 17.2 Å². The third-order valence-corrected chi connectivity index (χ3v) is 5.19. The Balaban J connectivity index is 1.28. The summed E-state index contributed by atoms with van der Waals surface area (Å²) in [5.74, 6) is 3.00. The number of ether oxygens (including phenoxy) is 3. The summed E-state index contributed by atoms with van der Waals surface area (Å²) in [5.41, 5.74) is 1.91. The van der Waals surface area contributed by atoms with Gasteiger partial charge in [0, 0.05) is 38.3 Å². The highest BCUT2D eigenvalue weighted by atomic mass is 16.7. The fraction of sp³-hybridized carbons (Fsp3) is 0.435. The Labute approximate surface area is 172 Å². The smallest absolute Gasteiger partial charge is 0.253 e. The number of carbonyl (C=O) groups excluding carboxylic acids is 1. The van der Waals surface area contributed by atoms with Gasteiger partial charge in [0.25, 0.3) is 5.91 Å². The second-order valence-corrected chi connectivity index (χ2v) is 7.99. The number of hydrogen-bond donors (Lipinski definition) is 0. The highest BCUT2D eigenvalue weighted by Gasteiger charge is 2.23. The molecule has 4 rings (SSSR count). The summed E-state index contributed by atoms with van der Waals surface area (Å²) in [5, 5.41) is 0. The van der Waals surface area contributed by atoms with E-state index in [0.29, 0.717) is 24.9 Å².